The number of benzene rings is 1. The molecule has 2 N–H and O–H groups in total. The molecule has 0 fully saturated rings. The molecule has 0 unspecified atom stereocenters. The fraction of sp³-hybridized carbons (Fsp3) is 0.385. The van der Waals surface area contributed by atoms with Crippen LogP contribution in [0.15, 0.2) is 18.2 Å². The van der Waals surface area contributed by atoms with Crippen molar-refractivity contribution in [3.63, 3.8) is 0 Å². The zero-order chi connectivity index (χ0) is 12.0. The Hall–Kier alpha value is -0.980. The Kier molecular flexibility index (Phi) is 5.37. The van der Waals surface area contributed by atoms with Crippen molar-refractivity contribution in [2.75, 3.05) is 6.54 Å². The largest absolute Gasteiger partial charge is 0.320 e. The molecule has 0 spiro atoms. The zero-order valence-electron chi connectivity index (χ0n) is 9.59. The van der Waals surface area contributed by atoms with Gasteiger partial charge in [0.2, 0.25) is 0 Å². The van der Waals surface area contributed by atoms with Crippen LogP contribution in [0.5, 0.6) is 0 Å². The second-order valence-corrected chi connectivity index (χ2v) is 5.24. The van der Waals surface area contributed by atoms with Crippen LogP contribution in [0, 0.1) is 17.7 Å². The van der Waals surface area contributed by atoms with Gasteiger partial charge in [0, 0.05) is 11.3 Å². The Bertz CT molecular complexity index is 404. The van der Waals surface area contributed by atoms with Gasteiger partial charge in [-0.1, -0.05) is 31.8 Å². The summed E-state index contributed by atoms with van der Waals surface area (Å²) in [5, 5.41) is 0.510. The molecular weight excluding hydrogens is 221 g/mol. The van der Waals surface area contributed by atoms with Crippen molar-refractivity contribution in [2.45, 2.75) is 24.9 Å². The Morgan fingerprint density at radius 3 is 2.75 bits per heavy atom. The molecule has 0 aliphatic carbocycles. The van der Waals surface area contributed by atoms with Crippen molar-refractivity contribution >= 4 is 11.8 Å². The monoisotopic (exact) mass is 237 g/mol. The molecule has 1 aromatic rings. The normalized spacial score (nSPS) is 10.1. The number of nitrogens with two attached hydrogens (primary N) is 1. The molecule has 1 nitrogen and oxygen atoms in total. The van der Waals surface area contributed by atoms with E-state index in [4.69, 9.17) is 5.73 Å². The van der Waals surface area contributed by atoms with E-state index in [2.05, 4.69) is 25.7 Å². The lowest BCUT2D eigenvalue weighted by Gasteiger charge is -2.06. The SMILES string of the molecule is CC(C)SCc1ccc(C#CCN)cc1F. The number of halogens is 1. The molecule has 0 saturated carbocycles. The van der Waals surface area contributed by atoms with E-state index in [0.717, 1.165) is 5.56 Å². The molecule has 16 heavy (non-hydrogen) atoms. The summed E-state index contributed by atoms with van der Waals surface area (Å²) in [5.74, 6) is 6.04. The first-order valence-corrected chi connectivity index (χ1v) is 6.27. The number of rotatable bonds is 3. The first kappa shape index (κ1) is 13.1. The van der Waals surface area contributed by atoms with E-state index in [1.807, 2.05) is 6.07 Å². The minimum atomic E-state index is -0.183. The van der Waals surface area contributed by atoms with E-state index >= 15 is 0 Å². The van der Waals surface area contributed by atoms with Crippen LogP contribution in [-0.2, 0) is 5.75 Å². The van der Waals surface area contributed by atoms with Crippen LogP contribution in [0.4, 0.5) is 4.39 Å². The molecule has 1 aromatic carbocycles. The average molecular weight is 237 g/mol. The molecule has 86 valence electrons. The smallest absolute Gasteiger partial charge is 0.128 e. The highest BCUT2D eigenvalue weighted by molar-refractivity contribution is 7.99. The highest BCUT2D eigenvalue weighted by atomic mass is 32.2. The fourth-order valence-corrected chi connectivity index (χ4v) is 1.90. The minimum Gasteiger partial charge on any atom is -0.320 e. The fourth-order valence-electron chi connectivity index (χ4n) is 1.15. The summed E-state index contributed by atoms with van der Waals surface area (Å²) in [6.45, 7) is 4.50. The number of thioether (sulfide) groups is 1. The Morgan fingerprint density at radius 1 is 1.44 bits per heavy atom. The quantitative estimate of drug-likeness (QED) is 0.818. The van der Waals surface area contributed by atoms with E-state index in [9.17, 15) is 4.39 Å². The maximum atomic E-state index is 13.6. The molecule has 0 amide bonds. The summed E-state index contributed by atoms with van der Waals surface area (Å²) in [7, 11) is 0. The van der Waals surface area contributed by atoms with E-state index in [1.165, 1.54) is 6.07 Å². The summed E-state index contributed by atoms with van der Waals surface area (Å²) in [5.41, 5.74) is 6.67. The van der Waals surface area contributed by atoms with Gasteiger partial charge < -0.3 is 5.73 Å². The average Bonchev–Trinajstić information content (AvgIpc) is 2.24. The molecule has 0 saturated heterocycles. The first-order valence-electron chi connectivity index (χ1n) is 5.22. The van der Waals surface area contributed by atoms with Crippen molar-refractivity contribution in [1.82, 2.24) is 0 Å². The van der Waals surface area contributed by atoms with Crippen LogP contribution in [0.25, 0.3) is 0 Å². The summed E-state index contributed by atoms with van der Waals surface area (Å²) in [6.07, 6.45) is 0. The summed E-state index contributed by atoms with van der Waals surface area (Å²) in [6, 6.07) is 5.10. The Labute approximate surface area is 101 Å². The molecule has 1 rings (SSSR count). The Balaban J connectivity index is 2.75. The van der Waals surface area contributed by atoms with Gasteiger partial charge in [0.1, 0.15) is 5.82 Å². The topological polar surface area (TPSA) is 26.0 Å². The number of hydrogen-bond donors (Lipinski definition) is 1. The van der Waals surface area contributed by atoms with Gasteiger partial charge in [0.05, 0.1) is 6.54 Å². The van der Waals surface area contributed by atoms with Crippen LogP contribution >= 0.6 is 11.8 Å². The molecule has 0 heterocycles. The van der Waals surface area contributed by atoms with Crippen LogP contribution < -0.4 is 5.73 Å². The molecule has 3 heteroatoms. The maximum absolute atomic E-state index is 13.6. The van der Waals surface area contributed by atoms with Crippen LogP contribution in [-0.4, -0.2) is 11.8 Å². The van der Waals surface area contributed by atoms with Gasteiger partial charge in [0.15, 0.2) is 0 Å². The van der Waals surface area contributed by atoms with Crippen molar-refractivity contribution in [2.24, 2.45) is 5.73 Å². The van der Waals surface area contributed by atoms with E-state index < -0.39 is 0 Å². The van der Waals surface area contributed by atoms with Crippen molar-refractivity contribution < 1.29 is 4.39 Å². The Morgan fingerprint density at radius 2 is 2.19 bits per heavy atom. The lowest BCUT2D eigenvalue weighted by Crippen LogP contribution is -1.94. The van der Waals surface area contributed by atoms with Crippen molar-refractivity contribution in [1.29, 1.82) is 0 Å². The third kappa shape index (κ3) is 4.26. The summed E-state index contributed by atoms with van der Waals surface area (Å²) >= 11 is 1.73. The third-order valence-corrected chi connectivity index (χ3v) is 3.10. The standard InChI is InChI=1S/C13H16FNS/c1-10(2)16-9-12-6-5-11(4-3-7-15)8-13(12)14/h5-6,8,10H,7,9,15H2,1-2H3. The van der Waals surface area contributed by atoms with Crippen LogP contribution in [0.3, 0.4) is 0 Å². The van der Waals surface area contributed by atoms with Gasteiger partial charge >= 0.3 is 0 Å². The molecule has 0 aliphatic rings. The van der Waals surface area contributed by atoms with E-state index in [1.54, 1.807) is 17.8 Å². The molecule has 0 atom stereocenters. The summed E-state index contributed by atoms with van der Waals surface area (Å²) < 4.78 is 13.6. The lowest BCUT2D eigenvalue weighted by atomic mass is 10.1. The van der Waals surface area contributed by atoms with Crippen molar-refractivity contribution in [3.8, 4) is 11.8 Å². The molecule has 0 radical (unpaired) electrons. The van der Waals surface area contributed by atoms with Gasteiger partial charge in [0.25, 0.3) is 0 Å². The van der Waals surface area contributed by atoms with E-state index in [-0.39, 0.29) is 5.82 Å². The van der Waals surface area contributed by atoms with Gasteiger partial charge in [-0.15, -0.1) is 0 Å². The van der Waals surface area contributed by atoms with Crippen LogP contribution in [0.1, 0.15) is 25.0 Å². The second kappa shape index (κ2) is 6.57. The minimum absolute atomic E-state index is 0.183. The second-order valence-electron chi connectivity index (χ2n) is 3.67. The predicted molar refractivity (Wildman–Crippen MR) is 68.8 cm³/mol. The third-order valence-electron chi connectivity index (χ3n) is 1.96. The zero-order valence-corrected chi connectivity index (χ0v) is 10.4. The molecule has 0 bridgehead atoms. The summed E-state index contributed by atoms with van der Waals surface area (Å²) in [4.78, 5) is 0. The van der Waals surface area contributed by atoms with Gasteiger partial charge in [-0.3, -0.25) is 0 Å². The maximum Gasteiger partial charge on any atom is 0.128 e. The van der Waals surface area contributed by atoms with Gasteiger partial charge in [-0.05, 0) is 22.9 Å². The molecular formula is C13H16FNS. The lowest BCUT2D eigenvalue weighted by molar-refractivity contribution is 0.617. The number of hydrogen-bond acceptors (Lipinski definition) is 2. The van der Waals surface area contributed by atoms with Crippen molar-refractivity contribution in [3.05, 3.63) is 35.1 Å². The first-order chi connectivity index (χ1) is 7.63. The van der Waals surface area contributed by atoms with Crippen LogP contribution in [0.2, 0.25) is 0 Å². The van der Waals surface area contributed by atoms with Gasteiger partial charge in [-0.25, -0.2) is 4.39 Å². The predicted octanol–water partition coefficient (Wildman–Crippen LogP) is 2.78. The highest BCUT2D eigenvalue weighted by Crippen LogP contribution is 2.20. The molecule has 0 aromatic heterocycles. The van der Waals surface area contributed by atoms with E-state index in [0.29, 0.717) is 23.1 Å². The van der Waals surface area contributed by atoms with Gasteiger partial charge in [-0.2, -0.15) is 11.8 Å². The molecule has 0 aliphatic heterocycles. The highest BCUT2D eigenvalue weighted by Gasteiger charge is 2.04.